The van der Waals surface area contributed by atoms with Crippen molar-refractivity contribution in [3.63, 3.8) is 0 Å². The van der Waals surface area contributed by atoms with Crippen LogP contribution in [0.5, 0.6) is 6.01 Å². The molecule has 8 nitrogen and oxygen atoms in total. The zero-order valence-electron chi connectivity index (χ0n) is 18.5. The largest absolute Gasteiger partial charge is 0.463 e. The van der Waals surface area contributed by atoms with E-state index in [1.54, 1.807) is 0 Å². The lowest BCUT2D eigenvalue weighted by Gasteiger charge is -2.28. The molecular weight excluding hydrogens is 392 g/mol. The van der Waals surface area contributed by atoms with E-state index in [1.165, 1.54) is 31.5 Å². The molecule has 1 atom stereocenters. The summed E-state index contributed by atoms with van der Waals surface area (Å²) in [5.74, 6) is 1.21. The van der Waals surface area contributed by atoms with Crippen molar-refractivity contribution in [2.45, 2.75) is 45.4 Å². The number of ether oxygens (including phenoxy) is 1. The number of allylic oxidation sites excluding steroid dienone is 1. The van der Waals surface area contributed by atoms with Crippen LogP contribution in [0.2, 0.25) is 0 Å². The molecule has 3 heterocycles. The van der Waals surface area contributed by atoms with Crippen molar-refractivity contribution in [1.29, 1.82) is 0 Å². The number of carbonyl (C=O) groups is 1. The van der Waals surface area contributed by atoms with Gasteiger partial charge in [0.2, 0.25) is 5.91 Å². The fraction of sp³-hybridized carbons (Fsp3) is 0.609. The normalized spacial score (nSPS) is 21.5. The van der Waals surface area contributed by atoms with Crippen molar-refractivity contribution in [1.82, 2.24) is 14.9 Å². The van der Waals surface area contributed by atoms with Gasteiger partial charge in [-0.15, -0.1) is 0 Å². The van der Waals surface area contributed by atoms with E-state index in [-0.39, 0.29) is 17.7 Å². The summed E-state index contributed by atoms with van der Waals surface area (Å²) in [6.07, 6.45) is 12.9. The van der Waals surface area contributed by atoms with E-state index in [4.69, 9.17) is 10.5 Å². The third-order valence-corrected chi connectivity index (χ3v) is 6.12. The fourth-order valence-electron chi connectivity index (χ4n) is 4.33. The van der Waals surface area contributed by atoms with Gasteiger partial charge in [0.05, 0.1) is 6.61 Å². The van der Waals surface area contributed by atoms with Gasteiger partial charge in [-0.2, -0.15) is 9.97 Å². The maximum absolute atomic E-state index is 12.2. The molecule has 168 valence electrons. The van der Waals surface area contributed by atoms with Gasteiger partial charge in [0.25, 0.3) is 0 Å². The smallest absolute Gasteiger partial charge is 0.320 e. The van der Waals surface area contributed by atoms with Gasteiger partial charge in [-0.1, -0.05) is 31.6 Å². The number of aromatic nitrogens is 2. The van der Waals surface area contributed by atoms with Crippen LogP contribution in [-0.2, 0) is 4.79 Å². The number of likely N-dealkylation sites (tertiary alicyclic amines) is 1. The lowest BCUT2D eigenvalue weighted by Crippen LogP contribution is -2.31. The number of amides is 1. The predicted molar refractivity (Wildman–Crippen MR) is 123 cm³/mol. The second kappa shape index (κ2) is 10.1. The summed E-state index contributed by atoms with van der Waals surface area (Å²) in [7, 11) is 0. The maximum Gasteiger partial charge on any atom is 0.320 e. The van der Waals surface area contributed by atoms with Gasteiger partial charge >= 0.3 is 6.01 Å². The minimum absolute atomic E-state index is 0.0642. The molecule has 4 rings (SSSR count). The minimum Gasteiger partial charge on any atom is -0.463 e. The SMILES string of the molecule is CCCCOc1nc(N)c2c(n1)N(CC1C=CC(CN3CCCC3)=CC1)CCC(=O)N2. The first-order chi connectivity index (χ1) is 15.1. The molecule has 1 amide bonds. The zero-order valence-corrected chi connectivity index (χ0v) is 18.5. The van der Waals surface area contributed by atoms with E-state index in [1.807, 2.05) is 0 Å². The summed E-state index contributed by atoms with van der Waals surface area (Å²) in [6.45, 7) is 7.51. The van der Waals surface area contributed by atoms with Crippen LogP contribution in [0.15, 0.2) is 23.8 Å². The number of nitrogens with two attached hydrogens (primary N) is 1. The number of unbranched alkanes of at least 4 members (excludes halogenated alkanes) is 1. The van der Waals surface area contributed by atoms with E-state index in [9.17, 15) is 4.79 Å². The molecule has 1 aromatic rings. The number of hydrogen-bond acceptors (Lipinski definition) is 7. The van der Waals surface area contributed by atoms with Crippen molar-refractivity contribution in [3.05, 3.63) is 23.8 Å². The van der Waals surface area contributed by atoms with Crippen LogP contribution in [0, 0.1) is 5.92 Å². The third kappa shape index (κ3) is 5.55. The van der Waals surface area contributed by atoms with E-state index < -0.39 is 0 Å². The molecule has 0 bridgehead atoms. The molecule has 0 aromatic carbocycles. The molecule has 31 heavy (non-hydrogen) atoms. The van der Waals surface area contributed by atoms with Crippen LogP contribution in [0.1, 0.15) is 45.4 Å². The molecule has 0 radical (unpaired) electrons. The van der Waals surface area contributed by atoms with Gasteiger partial charge in [-0.3, -0.25) is 9.69 Å². The minimum atomic E-state index is -0.0642. The van der Waals surface area contributed by atoms with Crippen LogP contribution in [0.25, 0.3) is 0 Å². The highest BCUT2D eigenvalue weighted by atomic mass is 16.5. The molecule has 1 aromatic heterocycles. The van der Waals surface area contributed by atoms with Gasteiger partial charge in [0, 0.05) is 26.1 Å². The van der Waals surface area contributed by atoms with Crippen molar-refractivity contribution in [3.8, 4) is 6.01 Å². The van der Waals surface area contributed by atoms with Crippen LogP contribution in [0.3, 0.4) is 0 Å². The van der Waals surface area contributed by atoms with Crippen LogP contribution in [0.4, 0.5) is 17.3 Å². The number of fused-ring (bicyclic) bond motifs is 1. The highest BCUT2D eigenvalue weighted by Crippen LogP contribution is 2.34. The Balaban J connectivity index is 1.45. The van der Waals surface area contributed by atoms with Crippen molar-refractivity contribution < 1.29 is 9.53 Å². The van der Waals surface area contributed by atoms with Gasteiger partial charge in [0.1, 0.15) is 5.69 Å². The molecule has 1 unspecified atom stereocenters. The molecule has 1 aliphatic carbocycles. The summed E-state index contributed by atoms with van der Waals surface area (Å²) < 4.78 is 5.71. The van der Waals surface area contributed by atoms with E-state index >= 15 is 0 Å². The lowest BCUT2D eigenvalue weighted by atomic mass is 9.95. The molecule has 3 aliphatic rings. The Kier molecular flexibility index (Phi) is 7.06. The van der Waals surface area contributed by atoms with Crippen molar-refractivity contribution >= 4 is 23.2 Å². The Hall–Kier alpha value is -2.61. The van der Waals surface area contributed by atoms with Crippen LogP contribution in [-0.4, -0.2) is 60.1 Å². The third-order valence-electron chi connectivity index (χ3n) is 6.12. The topological polar surface area (TPSA) is 96.6 Å². The molecule has 0 saturated carbocycles. The second-order valence-corrected chi connectivity index (χ2v) is 8.65. The fourth-order valence-corrected chi connectivity index (χ4v) is 4.33. The second-order valence-electron chi connectivity index (χ2n) is 8.65. The van der Waals surface area contributed by atoms with Gasteiger partial charge in [-0.05, 0) is 50.3 Å². The maximum atomic E-state index is 12.2. The molecule has 1 fully saturated rings. The quantitative estimate of drug-likeness (QED) is 0.617. The molecule has 0 spiro atoms. The summed E-state index contributed by atoms with van der Waals surface area (Å²) in [5.41, 5.74) is 8.07. The molecule has 8 heteroatoms. The summed E-state index contributed by atoms with van der Waals surface area (Å²) in [6, 6.07) is 0.276. The Bertz CT molecular complexity index is 847. The lowest BCUT2D eigenvalue weighted by molar-refractivity contribution is -0.115. The first-order valence-corrected chi connectivity index (χ1v) is 11.6. The van der Waals surface area contributed by atoms with Crippen molar-refractivity contribution in [2.24, 2.45) is 5.92 Å². The summed E-state index contributed by atoms with van der Waals surface area (Å²) in [4.78, 5) is 25.8. The number of carbonyl (C=O) groups excluding carboxylic acids is 1. The standard InChI is InChI=1S/C23H34N6O2/c1-2-3-14-31-23-26-21(24)20-22(27-23)29(13-10-19(30)25-20)16-18-8-6-17(7-9-18)15-28-11-4-5-12-28/h6-8,18H,2-5,9-16H2,1H3,(H,25,30)(H2,24,26,27). The van der Waals surface area contributed by atoms with Gasteiger partial charge < -0.3 is 20.7 Å². The van der Waals surface area contributed by atoms with Gasteiger partial charge in [0.15, 0.2) is 11.6 Å². The average molecular weight is 427 g/mol. The first kappa shape index (κ1) is 21.6. The first-order valence-electron chi connectivity index (χ1n) is 11.6. The Morgan fingerprint density at radius 1 is 1.26 bits per heavy atom. The van der Waals surface area contributed by atoms with Gasteiger partial charge in [-0.25, -0.2) is 0 Å². The zero-order chi connectivity index (χ0) is 21.6. The monoisotopic (exact) mass is 426 g/mol. The average Bonchev–Trinajstić information content (AvgIpc) is 3.21. The Morgan fingerprint density at radius 3 is 2.84 bits per heavy atom. The number of anilines is 3. The highest BCUT2D eigenvalue weighted by molar-refractivity contribution is 5.98. The number of nitrogens with zero attached hydrogens (tertiary/aromatic N) is 4. The number of nitrogens with one attached hydrogen (secondary N) is 1. The van der Waals surface area contributed by atoms with Crippen LogP contribution < -0.4 is 20.7 Å². The number of nitrogen functional groups attached to an aromatic ring is 1. The van der Waals surface area contributed by atoms with Crippen LogP contribution >= 0.6 is 0 Å². The molecular formula is C23H34N6O2. The summed E-state index contributed by atoms with van der Waals surface area (Å²) >= 11 is 0. The molecule has 3 N–H and O–H groups in total. The highest BCUT2D eigenvalue weighted by Gasteiger charge is 2.26. The van der Waals surface area contributed by atoms with E-state index in [0.29, 0.717) is 37.0 Å². The summed E-state index contributed by atoms with van der Waals surface area (Å²) in [5, 5.41) is 2.88. The number of hydrogen-bond donors (Lipinski definition) is 2. The molecule has 1 saturated heterocycles. The predicted octanol–water partition coefficient (Wildman–Crippen LogP) is 2.98. The Morgan fingerprint density at radius 2 is 2.10 bits per heavy atom. The van der Waals surface area contributed by atoms with Crippen molar-refractivity contribution in [2.75, 3.05) is 55.3 Å². The number of rotatable bonds is 8. The van der Waals surface area contributed by atoms with E-state index in [2.05, 4.69) is 50.2 Å². The Labute approximate surface area is 184 Å². The molecule has 2 aliphatic heterocycles. The van der Waals surface area contributed by atoms with E-state index in [0.717, 1.165) is 32.4 Å².